The standard InChI is InChI=1S/C25H16N4OS2/c26-15-18-5-1-3-7-22(18)32-23-8-4-2-6-20(23)24(30)27-19-11-9-17(10-12-19)21-16-29-13-14-31-25(29)28-21/h1-14,16H,(H,27,30). The minimum atomic E-state index is -0.196. The molecule has 3 aromatic carbocycles. The maximum atomic E-state index is 13.0. The van der Waals surface area contributed by atoms with E-state index in [0.29, 0.717) is 16.8 Å². The van der Waals surface area contributed by atoms with Gasteiger partial charge in [-0.1, -0.05) is 48.2 Å². The molecule has 0 aliphatic heterocycles. The summed E-state index contributed by atoms with van der Waals surface area (Å²) in [6.07, 6.45) is 3.97. The summed E-state index contributed by atoms with van der Waals surface area (Å²) in [4.78, 5) is 20.2. The van der Waals surface area contributed by atoms with E-state index in [4.69, 9.17) is 0 Å². The number of hydrogen-bond acceptors (Lipinski definition) is 5. The molecule has 0 saturated heterocycles. The molecule has 7 heteroatoms. The van der Waals surface area contributed by atoms with E-state index in [-0.39, 0.29) is 5.91 Å². The molecule has 0 aliphatic carbocycles. The average molecular weight is 453 g/mol. The van der Waals surface area contributed by atoms with Crippen molar-refractivity contribution in [2.75, 3.05) is 5.32 Å². The van der Waals surface area contributed by atoms with Gasteiger partial charge in [-0.05, 0) is 36.4 Å². The highest BCUT2D eigenvalue weighted by Gasteiger charge is 2.14. The molecule has 0 aliphatic rings. The molecule has 0 atom stereocenters. The van der Waals surface area contributed by atoms with Crippen LogP contribution in [0.5, 0.6) is 0 Å². The van der Waals surface area contributed by atoms with Crippen LogP contribution in [0.3, 0.4) is 0 Å². The Bertz CT molecular complexity index is 1430. The van der Waals surface area contributed by atoms with Crippen LogP contribution in [0.4, 0.5) is 5.69 Å². The fourth-order valence-electron chi connectivity index (χ4n) is 3.30. The number of aromatic nitrogens is 2. The highest BCUT2D eigenvalue weighted by atomic mass is 32.2. The van der Waals surface area contributed by atoms with Gasteiger partial charge in [0.25, 0.3) is 5.91 Å². The number of fused-ring (bicyclic) bond motifs is 1. The number of benzene rings is 3. The molecule has 5 nitrogen and oxygen atoms in total. The van der Waals surface area contributed by atoms with Crippen LogP contribution in [-0.4, -0.2) is 15.3 Å². The third kappa shape index (κ3) is 4.02. The Morgan fingerprint density at radius 3 is 2.53 bits per heavy atom. The van der Waals surface area contributed by atoms with Gasteiger partial charge in [-0.2, -0.15) is 5.26 Å². The number of rotatable bonds is 5. The number of nitrogens with zero attached hydrogens (tertiary/aromatic N) is 3. The van der Waals surface area contributed by atoms with Gasteiger partial charge in [0.05, 0.1) is 16.8 Å². The molecule has 1 N–H and O–H groups in total. The predicted octanol–water partition coefficient (Wildman–Crippen LogP) is 6.34. The molecule has 5 rings (SSSR count). The van der Waals surface area contributed by atoms with Gasteiger partial charge in [-0.25, -0.2) is 4.98 Å². The fourth-order valence-corrected chi connectivity index (χ4v) is 5.02. The summed E-state index contributed by atoms with van der Waals surface area (Å²) < 4.78 is 1.99. The molecule has 32 heavy (non-hydrogen) atoms. The molecule has 154 valence electrons. The second-order valence-electron chi connectivity index (χ2n) is 6.96. The van der Waals surface area contributed by atoms with Gasteiger partial charge in [-0.15, -0.1) is 11.3 Å². The third-order valence-electron chi connectivity index (χ3n) is 4.89. The summed E-state index contributed by atoms with van der Waals surface area (Å²) >= 11 is 3.01. The molecule has 0 radical (unpaired) electrons. The Hall–Kier alpha value is -3.86. The van der Waals surface area contributed by atoms with Crippen molar-refractivity contribution in [1.29, 1.82) is 5.26 Å². The normalized spacial score (nSPS) is 10.7. The van der Waals surface area contributed by atoms with Crippen LogP contribution >= 0.6 is 23.1 Å². The molecule has 0 spiro atoms. The van der Waals surface area contributed by atoms with E-state index in [1.807, 2.05) is 82.8 Å². The SMILES string of the molecule is N#Cc1ccccc1Sc1ccccc1C(=O)Nc1ccc(-c2cn3ccsc3n2)cc1. The first-order valence-corrected chi connectivity index (χ1v) is 11.5. The summed E-state index contributed by atoms with van der Waals surface area (Å²) in [5, 5.41) is 14.3. The highest BCUT2D eigenvalue weighted by molar-refractivity contribution is 7.99. The maximum absolute atomic E-state index is 13.0. The van der Waals surface area contributed by atoms with E-state index in [1.165, 1.54) is 11.8 Å². The summed E-state index contributed by atoms with van der Waals surface area (Å²) in [7, 11) is 0. The monoisotopic (exact) mass is 452 g/mol. The Balaban J connectivity index is 1.35. The van der Waals surface area contributed by atoms with E-state index in [1.54, 1.807) is 23.5 Å². The molecule has 0 bridgehead atoms. The van der Waals surface area contributed by atoms with E-state index < -0.39 is 0 Å². The average Bonchev–Trinajstić information content (AvgIpc) is 3.43. The van der Waals surface area contributed by atoms with E-state index in [0.717, 1.165) is 26.0 Å². The molecule has 2 heterocycles. The van der Waals surface area contributed by atoms with Crippen molar-refractivity contribution in [2.24, 2.45) is 0 Å². The Labute approximate surface area is 193 Å². The maximum Gasteiger partial charge on any atom is 0.256 e. The van der Waals surface area contributed by atoms with Gasteiger partial charge in [0.1, 0.15) is 6.07 Å². The Morgan fingerprint density at radius 2 is 1.75 bits per heavy atom. The van der Waals surface area contributed by atoms with E-state index in [9.17, 15) is 10.1 Å². The van der Waals surface area contributed by atoms with Crippen molar-refractivity contribution < 1.29 is 4.79 Å². The van der Waals surface area contributed by atoms with Gasteiger partial charge in [0, 0.05) is 38.8 Å². The minimum Gasteiger partial charge on any atom is -0.322 e. The van der Waals surface area contributed by atoms with Crippen molar-refractivity contribution >= 4 is 39.7 Å². The van der Waals surface area contributed by atoms with Crippen LogP contribution in [0.2, 0.25) is 0 Å². The topological polar surface area (TPSA) is 70.2 Å². The lowest BCUT2D eigenvalue weighted by molar-refractivity contribution is 0.102. The first-order chi connectivity index (χ1) is 15.7. The second-order valence-corrected chi connectivity index (χ2v) is 8.91. The summed E-state index contributed by atoms with van der Waals surface area (Å²) in [5.41, 5.74) is 3.73. The molecule has 0 unspecified atom stereocenters. The Morgan fingerprint density at radius 1 is 1.00 bits per heavy atom. The second kappa shape index (κ2) is 8.71. The van der Waals surface area contributed by atoms with Gasteiger partial charge in [-0.3, -0.25) is 9.20 Å². The van der Waals surface area contributed by atoms with Crippen LogP contribution in [0.15, 0.2) is 100 Å². The number of nitriles is 1. The molecular formula is C25H16N4OS2. The lowest BCUT2D eigenvalue weighted by Crippen LogP contribution is -2.12. The van der Waals surface area contributed by atoms with Crippen molar-refractivity contribution in [3.8, 4) is 17.3 Å². The minimum absolute atomic E-state index is 0.196. The lowest BCUT2D eigenvalue weighted by atomic mass is 10.1. The van der Waals surface area contributed by atoms with Crippen LogP contribution in [0.1, 0.15) is 15.9 Å². The molecule has 1 amide bonds. The zero-order valence-corrected chi connectivity index (χ0v) is 18.4. The van der Waals surface area contributed by atoms with Gasteiger partial charge in [0.15, 0.2) is 4.96 Å². The zero-order valence-electron chi connectivity index (χ0n) is 16.7. The van der Waals surface area contributed by atoms with Gasteiger partial charge in [0.2, 0.25) is 0 Å². The molecule has 0 saturated carbocycles. The first-order valence-electron chi connectivity index (χ1n) is 9.81. The number of carbonyl (C=O) groups excluding carboxylic acids is 1. The number of thiazole rings is 1. The van der Waals surface area contributed by atoms with Crippen molar-refractivity contribution in [3.63, 3.8) is 0 Å². The van der Waals surface area contributed by atoms with E-state index >= 15 is 0 Å². The first kappa shape index (κ1) is 20.1. The number of anilines is 1. The Kier molecular flexibility index (Phi) is 5.46. The molecule has 0 fully saturated rings. The lowest BCUT2D eigenvalue weighted by Gasteiger charge is -2.11. The number of nitrogens with one attached hydrogen (secondary N) is 1. The van der Waals surface area contributed by atoms with Crippen LogP contribution in [-0.2, 0) is 0 Å². The van der Waals surface area contributed by atoms with Crippen LogP contribution < -0.4 is 5.32 Å². The third-order valence-corrected chi connectivity index (χ3v) is 6.81. The molecule has 2 aromatic heterocycles. The van der Waals surface area contributed by atoms with Gasteiger partial charge >= 0.3 is 0 Å². The van der Waals surface area contributed by atoms with Crippen molar-refractivity contribution in [1.82, 2.24) is 9.38 Å². The summed E-state index contributed by atoms with van der Waals surface area (Å²) in [5.74, 6) is -0.196. The number of hydrogen-bond donors (Lipinski definition) is 1. The molecular weight excluding hydrogens is 436 g/mol. The van der Waals surface area contributed by atoms with Crippen molar-refractivity contribution in [3.05, 3.63) is 102 Å². The number of carbonyl (C=O) groups is 1. The van der Waals surface area contributed by atoms with Crippen LogP contribution in [0, 0.1) is 11.3 Å². The van der Waals surface area contributed by atoms with E-state index in [2.05, 4.69) is 16.4 Å². The summed E-state index contributed by atoms with van der Waals surface area (Å²) in [6.45, 7) is 0. The quantitative estimate of drug-likeness (QED) is 0.338. The predicted molar refractivity (Wildman–Crippen MR) is 128 cm³/mol. The highest BCUT2D eigenvalue weighted by Crippen LogP contribution is 2.33. The fraction of sp³-hybridized carbons (Fsp3) is 0. The molecule has 5 aromatic rings. The number of imidazole rings is 1. The largest absolute Gasteiger partial charge is 0.322 e. The van der Waals surface area contributed by atoms with Crippen LogP contribution in [0.25, 0.3) is 16.2 Å². The van der Waals surface area contributed by atoms with Gasteiger partial charge < -0.3 is 5.32 Å². The number of amides is 1. The zero-order chi connectivity index (χ0) is 21.9. The smallest absolute Gasteiger partial charge is 0.256 e. The summed E-state index contributed by atoms with van der Waals surface area (Å²) in [6, 6.07) is 24.6. The van der Waals surface area contributed by atoms with Crippen molar-refractivity contribution in [2.45, 2.75) is 9.79 Å².